The number of amides is 2. The molecule has 134 valence electrons. The van der Waals surface area contributed by atoms with E-state index >= 15 is 0 Å². The number of nitrogens with one attached hydrogen (secondary N) is 1. The van der Waals surface area contributed by atoms with Crippen LogP contribution in [0.3, 0.4) is 0 Å². The van der Waals surface area contributed by atoms with Gasteiger partial charge in [0, 0.05) is 25.6 Å². The van der Waals surface area contributed by atoms with Crippen LogP contribution in [0.5, 0.6) is 0 Å². The number of halogens is 1. The lowest BCUT2D eigenvalue weighted by Gasteiger charge is -2.36. The Balaban J connectivity index is 0.00000264. The molecule has 2 aliphatic rings. The Morgan fingerprint density at radius 3 is 2.61 bits per heavy atom. The maximum atomic E-state index is 12.8. The van der Waals surface area contributed by atoms with Gasteiger partial charge in [0.1, 0.15) is 0 Å². The van der Waals surface area contributed by atoms with Crippen molar-refractivity contribution in [1.82, 2.24) is 15.1 Å². The highest BCUT2D eigenvalue weighted by molar-refractivity contribution is 5.85. The van der Waals surface area contributed by atoms with Crippen molar-refractivity contribution in [2.45, 2.75) is 64.3 Å². The fourth-order valence-corrected chi connectivity index (χ4v) is 3.51. The molecule has 0 bridgehead atoms. The van der Waals surface area contributed by atoms with Crippen LogP contribution in [0.2, 0.25) is 0 Å². The third-order valence-corrected chi connectivity index (χ3v) is 4.78. The average molecular weight is 346 g/mol. The van der Waals surface area contributed by atoms with Gasteiger partial charge >= 0.3 is 0 Å². The topological polar surface area (TPSA) is 52.7 Å². The number of rotatable bonds is 5. The lowest BCUT2D eigenvalue weighted by atomic mass is 10.0. The molecule has 2 aliphatic heterocycles. The summed E-state index contributed by atoms with van der Waals surface area (Å²) in [7, 11) is 0. The minimum Gasteiger partial charge on any atom is -0.338 e. The number of carbonyl (C=O) groups is 2. The molecule has 2 saturated heterocycles. The van der Waals surface area contributed by atoms with Crippen molar-refractivity contribution < 1.29 is 9.59 Å². The van der Waals surface area contributed by atoms with Crippen molar-refractivity contribution in [2.75, 3.05) is 32.7 Å². The standard InChI is InChI=1S/C17H31N3O2.ClH/c1-2-12-20(15-8-10-18-11-9-15)17(22)14-19-13-6-4-3-5-7-16(19)21;/h15,18H,2-14H2,1H3;1H. The Labute approximate surface area is 146 Å². The summed E-state index contributed by atoms with van der Waals surface area (Å²) in [4.78, 5) is 28.8. The Morgan fingerprint density at radius 1 is 1.22 bits per heavy atom. The molecule has 23 heavy (non-hydrogen) atoms. The molecule has 2 fully saturated rings. The number of carbonyl (C=O) groups excluding carboxylic acids is 2. The molecule has 0 aromatic carbocycles. The van der Waals surface area contributed by atoms with Gasteiger partial charge in [-0.15, -0.1) is 12.4 Å². The van der Waals surface area contributed by atoms with E-state index in [1.54, 1.807) is 4.90 Å². The maximum Gasteiger partial charge on any atom is 0.242 e. The van der Waals surface area contributed by atoms with Gasteiger partial charge in [0.2, 0.25) is 11.8 Å². The molecule has 2 rings (SSSR count). The van der Waals surface area contributed by atoms with Crippen LogP contribution in [-0.4, -0.2) is 60.4 Å². The first-order chi connectivity index (χ1) is 10.7. The quantitative estimate of drug-likeness (QED) is 0.831. The molecule has 0 radical (unpaired) electrons. The lowest BCUT2D eigenvalue weighted by molar-refractivity contribution is -0.142. The largest absolute Gasteiger partial charge is 0.338 e. The van der Waals surface area contributed by atoms with E-state index in [0.29, 0.717) is 12.5 Å². The van der Waals surface area contributed by atoms with E-state index < -0.39 is 0 Å². The van der Waals surface area contributed by atoms with Crippen LogP contribution < -0.4 is 5.32 Å². The van der Waals surface area contributed by atoms with Gasteiger partial charge in [-0.25, -0.2) is 0 Å². The SMILES string of the molecule is CCCN(C(=O)CN1CCCCCCC1=O)C1CCNCC1.Cl. The highest BCUT2D eigenvalue weighted by Gasteiger charge is 2.27. The molecule has 0 atom stereocenters. The summed E-state index contributed by atoms with van der Waals surface area (Å²) >= 11 is 0. The van der Waals surface area contributed by atoms with Crippen molar-refractivity contribution in [1.29, 1.82) is 0 Å². The van der Waals surface area contributed by atoms with E-state index in [1.165, 1.54) is 6.42 Å². The van der Waals surface area contributed by atoms with Crippen LogP contribution in [0.25, 0.3) is 0 Å². The monoisotopic (exact) mass is 345 g/mol. The Kier molecular flexibility index (Phi) is 9.56. The third kappa shape index (κ3) is 6.30. The van der Waals surface area contributed by atoms with E-state index in [-0.39, 0.29) is 30.8 Å². The first kappa shape index (κ1) is 20.2. The molecule has 0 aromatic rings. The van der Waals surface area contributed by atoms with E-state index in [0.717, 1.165) is 64.7 Å². The van der Waals surface area contributed by atoms with E-state index in [9.17, 15) is 9.59 Å². The van der Waals surface area contributed by atoms with Crippen molar-refractivity contribution in [3.05, 3.63) is 0 Å². The number of hydrogen-bond donors (Lipinski definition) is 1. The van der Waals surface area contributed by atoms with Crippen LogP contribution >= 0.6 is 12.4 Å². The van der Waals surface area contributed by atoms with Crippen LogP contribution in [0.15, 0.2) is 0 Å². The Bertz CT molecular complexity index is 373. The predicted molar refractivity (Wildman–Crippen MR) is 94.8 cm³/mol. The summed E-state index contributed by atoms with van der Waals surface area (Å²) in [6.07, 6.45) is 7.95. The van der Waals surface area contributed by atoms with Crippen molar-refractivity contribution in [2.24, 2.45) is 0 Å². The molecule has 0 unspecified atom stereocenters. The number of nitrogens with zero attached hydrogens (tertiary/aromatic N) is 2. The second-order valence-corrected chi connectivity index (χ2v) is 6.55. The fourth-order valence-electron chi connectivity index (χ4n) is 3.51. The van der Waals surface area contributed by atoms with Crippen LogP contribution in [0.1, 0.15) is 58.3 Å². The maximum absolute atomic E-state index is 12.8. The normalized spacial score (nSPS) is 20.4. The number of likely N-dealkylation sites (tertiary alicyclic amines) is 1. The number of hydrogen-bond acceptors (Lipinski definition) is 3. The zero-order valence-electron chi connectivity index (χ0n) is 14.4. The van der Waals surface area contributed by atoms with Gasteiger partial charge in [0.25, 0.3) is 0 Å². The van der Waals surface area contributed by atoms with Gasteiger partial charge in [0.15, 0.2) is 0 Å². The van der Waals surface area contributed by atoms with Crippen LogP contribution in [0.4, 0.5) is 0 Å². The van der Waals surface area contributed by atoms with Crippen molar-refractivity contribution in [3.63, 3.8) is 0 Å². The molecular weight excluding hydrogens is 314 g/mol. The van der Waals surface area contributed by atoms with Gasteiger partial charge in [-0.3, -0.25) is 9.59 Å². The summed E-state index contributed by atoms with van der Waals surface area (Å²) in [6, 6.07) is 0.346. The third-order valence-electron chi connectivity index (χ3n) is 4.78. The summed E-state index contributed by atoms with van der Waals surface area (Å²) in [5.74, 6) is 0.303. The van der Waals surface area contributed by atoms with E-state index in [1.807, 2.05) is 4.90 Å². The van der Waals surface area contributed by atoms with Crippen LogP contribution in [0, 0.1) is 0 Å². The first-order valence-corrected chi connectivity index (χ1v) is 9.00. The average Bonchev–Trinajstić information content (AvgIpc) is 2.53. The first-order valence-electron chi connectivity index (χ1n) is 9.00. The Hall–Kier alpha value is -0.810. The molecule has 2 amide bonds. The van der Waals surface area contributed by atoms with E-state index in [4.69, 9.17) is 0 Å². The molecule has 1 N–H and O–H groups in total. The fraction of sp³-hybridized carbons (Fsp3) is 0.882. The predicted octanol–water partition coefficient (Wildman–Crippen LogP) is 2.19. The molecule has 0 aliphatic carbocycles. The van der Waals surface area contributed by atoms with Crippen LogP contribution in [-0.2, 0) is 9.59 Å². The second-order valence-electron chi connectivity index (χ2n) is 6.55. The molecule has 0 saturated carbocycles. The molecule has 5 nitrogen and oxygen atoms in total. The molecular formula is C17H32ClN3O2. The van der Waals surface area contributed by atoms with E-state index in [2.05, 4.69) is 12.2 Å². The summed E-state index contributed by atoms with van der Waals surface area (Å²) in [5, 5.41) is 3.35. The highest BCUT2D eigenvalue weighted by Crippen LogP contribution is 2.15. The molecule has 6 heteroatoms. The minimum atomic E-state index is 0. The summed E-state index contributed by atoms with van der Waals surface area (Å²) in [5.41, 5.74) is 0. The van der Waals surface area contributed by atoms with Crippen molar-refractivity contribution in [3.8, 4) is 0 Å². The van der Waals surface area contributed by atoms with Gasteiger partial charge in [0.05, 0.1) is 6.54 Å². The lowest BCUT2D eigenvalue weighted by Crippen LogP contribution is -2.50. The number of piperidine rings is 1. The van der Waals surface area contributed by atoms with Gasteiger partial charge in [-0.05, 0) is 45.2 Å². The van der Waals surface area contributed by atoms with Gasteiger partial charge < -0.3 is 15.1 Å². The summed E-state index contributed by atoms with van der Waals surface area (Å²) in [6.45, 7) is 5.93. The minimum absolute atomic E-state index is 0. The van der Waals surface area contributed by atoms with Gasteiger partial charge in [-0.1, -0.05) is 19.8 Å². The molecule has 2 heterocycles. The highest BCUT2D eigenvalue weighted by atomic mass is 35.5. The molecule has 0 spiro atoms. The smallest absolute Gasteiger partial charge is 0.242 e. The van der Waals surface area contributed by atoms with Gasteiger partial charge in [-0.2, -0.15) is 0 Å². The van der Waals surface area contributed by atoms with Crippen molar-refractivity contribution >= 4 is 24.2 Å². The summed E-state index contributed by atoms with van der Waals surface area (Å²) < 4.78 is 0. The Morgan fingerprint density at radius 2 is 1.91 bits per heavy atom. The zero-order valence-corrected chi connectivity index (χ0v) is 15.2. The second kappa shape index (κ2) is 10.9. The molecule has 0 aromatic heterocycles. The zero-order chi connectivity index (χ0) is 15.8.